The summed E-state index contributed by atoms with van der Waals surface area (Å²) in [6.45, 7) is 0. The predicted octanol–water partition coefficient (Wildman–Crippen LogP) is 1.98. The van der Waals surface area contributed by atoms with Crippen LogP contribution in [0.3, 0.4) is 0 Å². The van der Waals surface area contributed by atoms with Gasteiger partial charge in [0.1, 0.15) is 5.75 Å². The van der Waals surface area contributed by atoms with Crippen LogP contribution < -0.4 is 4.74 Å². The van der Waals surface area contributed by atoms with Crippen LogP contribution in [-0.2, 0) is 4.79 Å². The fraction of sp³-hybridized carbons (Fsp3) is 0.462. The van der Waals surface area contributed by atoms with Crippen LogP contribution in [0.4, 0.5) is 0 Å². The molecule has 2 rings (SSSR count). The number of methoxy groups -OCH3 is 1. The average Bonchev–Trinajstić information content (AvgIpc) is 2.27. The van der Waals surface area contributed by atoms with Crippen molar-refractivity contribution in [1.82, 2.24) is 0 Å². The van der Waals surface area contributed by atoms with E-state index < -0.39 is 17.5 Å². The molecular formula is C13H16O4. The van der Waals surface area contributed by atoms with Gasteiger partial charge in [0.25, 0.3) is 0 Å². The quantitative estimate of drug-likeness (QED) is 0.838. The van der Waals surface area contributed by atoms with Crippen molar-refractivity contribution in [1.29, 1.82) is 0 Å². The van der Waals surface area contributed by atoms with Crippen LogP contribution in [0.2, 0.25) is 0 Å². The Morgan fingerprint density at radius 2 is 2.18 bits per heavy atom. The minimum absolute atomic E-state index is 0.528. The SMILES string of the molecule is COc1cccc(C(O)C2(C(=O)O)CCC2)c1. The second-order valence-electron chi connectivity index (χ2n) is 4.49. The molecule has 17 heavy (non-hydrogen) atoms. The Morgan fingerprint density at radius 3 is 2.65 bits per heavy atom. The Morgan fingerprint density at radius 1 is 1.47 bits per heavy atom. The third-order valence-corrected chi connectivity index (χ3v) is 3.60. The van der Waals surface area contributed by atoms with Crippen molar-refractivity contribution >= 4 is 5.97 Å². The standard InChI is InChI=1S/C13H16O4/c1-17-10-5-2-4-9(8-10)11(14)13(12(15)16)6-3-7-13/h2,4-5,8,11,14H,3,6-7H2,1H3,(H,15,16). The van der Waals surface area contributed by atoms with Crippen molar-refractivity contribution in [3.8, 4) is 5.75 Å². The molecule has 2 N–H and O–H groups in total. The van der Waals surface area contributed by atoms with Crippen molar-refractivity contribution in [3.63, 3.8) is 0 Å². The molecule has 4 heteroatoms. The van der Waals surface area contributed by atoms with E-state index in [-0.39, 0.29) is 0 Å². The Balaban J connectivity index is 2.29. The van der Waals surface area contributed by atoms with Crippen LogP contribution in [0.15, 0.2) is 24.3 Å². The third-order valence-electron chi connectivity index (χ3n) is 3.60. The lowest BCUT2D eigenvalue weighted by Gasteiger charge is -2.41. The van der Waals surface area contributed by atoms with Gasteiger partial charge in [-0.25, -0.2) is 0 Å². The van der Waals surface area contributed by atoms with E-state index in [0.717, 1.165) is 6.42 Å². The summed E-state index contributed by atoms with van der Waals surface area (Å²) >= 11 is 0. The smallest absolute Gasteiger partial charge is 0.312 e. The van der Waals surface area contributed by atoms with Gasteiger partial charge in [0.05, 0.1) is 18.6 Å². The van der Waals surface area contributed by atoms with E-state index in [2.05, 4.69) is 0 Å². The lowest BCUT2D eigenvalue weighted by atomic mass is 9.63. The van der Waals surface area contributed by atoms with Gasteiger partial charge in [0, 0.05) is 0 Å². The van der Waals surface area contributed by atoms with Gasteiger partial charge in [-0.1, -0.05) is 18.6 Å². The summed E-state index contributed by atoms with van der Waals surface area (Å²) in [5, 5.41) is 19.5. The Hall–Kier alpha value is -1.55. The average molecular weight is 236 g/mol. The van der Waals surface area contributed by atoms with Crippen molar-refractivity contribution < 1.29 is 19.7 Å². The molecule has 0 aromatic heterocycles. The maximum Gasteiger partial charge on any atom is 0.312 e. The van der Waals surface area contributed by atoms with Gasteiger partial charge in [-0.3, -0.25) is 4.79 Å². The number of hydrogen-bond donors (Lipinski definition) is 2. The molecule has 1 aliphatic rings. The molecule has 0 radical (unpaired) electrons. The molecule has 0 saturated heterocycles. The molecule has 1 aromatic carbocycles. The maximum atomic E-state index is 11.3. The molecule has 0 aliphatic heterocycles. The van der Waals surface area contributed by atoms with Gasteiger partial charge in [-0.05, 0) is 30.5 Å². The maximum absolute atomic E-state index is 11.3. The number of carboxylic acids is 1. The van der Waals surface area contributed by atoms with Crippen molar-refractivity contribution in [2.75, 3.05) is 7.11 Å². The molecule has 1 aliphatic carbocycles. The molecule has 1 atom stereocenters. The van der Waals surface area contributed by atoms with Crippen molar-refractivity contribution in [2.24, 2.45) is 5.41 Å². The lowest BCUT2D eigenvalue weighted by Crippen LogP contribution is -2.43. The number of hydrogen-bond acceptors (Lipinski definition) is 3. The largest absolute Gasteiger partial charge is 0.497 e. The van der Waals surface area contributed by atoms with E-state index in [0.29, 0.717) is 24.2 Å². The summed E-state index contributed by atoms with van der Waals surface area (Å²) in [6.07, 6.45) is 0.943. The highest BCUT2D eigenvalue weighted by atomic mass is 16.5. The highest BCUT2D eigenvalue weighted by Crippen LogP contribution is 2.50. The molecule has 0 bridgehead atoms. The van der Waals surface area contributed by atoms with Gasteiger partial charge in [-0.15, -0.1) is 0 Å². The second kappa shape index (κ2) is 4.37. The second-order valence-corrected chi connectivity index (χ2v) is 4.49. The topological polar surface area (TPSA) is 66.8 Å². The molecule has 1 unspecified atom stereocenters. The first-order chi connectivity index (χ1) is 8.10. The molecular weight excluding hydrogens is 220 g/mol. The van der Waals surface area contributed by atoms with E-state index in [1.54, 1.807) is 31.4 Å². The molecule has 92 valence electrons. The fourth-order valence-electron chi connectivity index (χ4n) is 2.29. The van der Waals surface area contributed by atoms with E-state index in [1.165, 1.54) is 0 Å². The summed E-state index contributed by atoms with van der Waals surface area (Å²) in [7, 11) is 1.54. The van der Waals surface area contributed by atoms with Crippen LogP contribution >= 0.6 is 0 Å². The van der Waals surface area contributed by atoms with Crippen LogP contribution in [0.1, 0.15) is 30.9 Å². The van der Waals surface area contributed by atoms with E-state index in [1.807, 2.05) is 0 Å². The number of aliphatic carboxylic acids is 1. The summed E-state index contributed by atoms with van der Waals surface area (Å²) in [4.78, 5) is 11.3. The molecule has 1 aromatic rings. The molecule has 4 nitrogen and oxygen atoms in total. The summed E-state index contributed by atoms with van der Waals surface area (Å²) in [5.74, 6) is -0.291. The third kappa shape index (κ3) is 1.89. The van der Waals surface area contributed by atoms with E-state index in [9.17, 15) is 15.0 Å². The first-order valence-corrected chi connectivity index (χ1v) is 5.65. The van der Waals surface area contributed by atoms with Gasteiger partial charge in [0.2, 0.25) is 0 Å². The van der Waals surface area contributed by atoms with Gasteiger partial charge in [-0.2, -0.15) is 0 Å². The van der Waals surface area contributed by atoms with Crippen LogP contribution in [-0.4, -0.2) is 23.3 Å². The number of carbonyl (C=O) groups is 1. The number of ether oxygens (including phenoxy) is 1. The zero-order valence-corrected chi connectivity index (χ0v) is 9.72. The summed E-state index contributed by atoms with van der Waals surface area (Å²) < 4.78 is 5.07. The van der Waals surface area contributed by atoms with Gasteiger partial charge in [0.15, 0.2) is 0 Å². The predicted molar refractivity (Wildman–Crippen MR) is 61.9 cm³/mol. The molecule has 0 heterocycles. The monoisotopic (exact) mass is 236 g/mol. The Kier molecular flexibility index (Phi) is 3.07. The van der Waals surface area contributed by atoms with Crippen LogP contribution in [0, 0.1) is 5.41 Å². The molecule has 0 amide bonds. The zero-order valence-electron chi connectivity index (χ0n) is 9.72. The lowest BCUT2D eigenvalue weighted by molar-refractivity contribution is -0.166. The molecule has 1 saturated carbocycles. The van der Waals surface area contributed by atoms with E-state index >= 15 is 0 Å². The zero-order chi connectivity index (χ0) is 12.5. The molecule has 1 fully saturated rings. The highest BCUT2D eigenvalue weighted by Gasteiger charge is 2.50. The van der Waals surface area contributed by atoms with Crippen LogP contribution in [0.5, 0.6) is 5.75 Å². The number of rotatable bonds is 4. The minimum Gasteiger partial charge on any atom is -0.497 e. The fourth-order valence-corrected chi connectivity index (χ4v) is 2.29. The molecule has 0 spiro atoms. The summed E-state index contributed by atoms with van der Waals surface area (Å²) in [6, 6.07) is 6.94. The number of aliphatic hydroxyl groups is 1. The van der Waals surface area contributed by atoms with Gasteiger partial charge >= 0.3 is 5.97 Å². The highest BCUT2D eigenvalue weighted by molar-refractivity contribution is 5.77. The van der Waals surface area contributed by atoms with E-state index in [4.69, 9.17) is 4.74 Å². The summed E-state index contributed by atoms with van der Waals surface area (Å²) in [5.41, 5.74) is -0.404. The van der Waals surface area contributed by atoms with Gasteiger partial charge < -0.3 is 14.9 Å². The van der Waals surface area contributed by atoms with Crippen molar-refractivity contribution in [3.05, 3.63) is 29.8 Å². The number of carboxylic acid groups (broad SMARTS) is 1. The first-order valence-electron chi connectivity index (χ1n) is 5.65. The van der Waals surface area contributed by atoms with Crippen LogP contribution in [0.25, 0.3) is 0 Å². The Labute approximate surface area is 99.8 Å². The Bertz CT molecular complexity index is 423. The van der Waals surface area contributed by atoms with Crippen molar-refractivity contribution in [2.45, 2.75) is 25.4 Å². The minimum atomic E-state index is -1.01. The first kappa shape index (κ1) is 11.9. The number of benzene rings is 1. The normalized spacial score (nSPS) is 19.2. The number of aliphatic hydroxyl groups excluding tert-OH is 1.